The van der Waals surface area contributed by atoms with Gasteiger partial charge in [0.1, 0.15) is 0 Å². The summed E-state index contributed by atoms with van der Waals surface area (Å²) in [5, 5.41) is 0. The molecule has 2 amide bonds. The average molecular weight is 491 g/mol. The molecule has 2 saturated heterocycles. The molecule has 0 bridgehead atoms. The monoisotopic (exact) mass is 490 g/mol. The first kappa shape index (κ1) is 25.1. The number of anilines is 1. The normalized spacial score (nSPS) is 21.5. The van der Waals surface area contributed by atoms with E-state index in [1.54, 1.807) is 23.1 Å². The smallest absolute Gasteiger partial charge is 0.240 e. The van der Waals surface area contributed by atoms with Crippen LogP contribution in [0, 0.1) is 0 Å². The van der Waals surface area contributed by atoms with Crippen LogP contribution in [0.1, 0.15) is 63.9 Å². The van der Waals surface area contributed by atoms with Crippen LogP contribution >= 0.6 is 0 Å². The molecule has 1 aromatic carbocycles. The highest BCUT2D eigenvalue weighted by atomic mass is 32.2. The van der Waals surface area contributed by atoms with Gasteiger partial charge in [0.2, 0.25) is 21.8 Å². The molecule has 0 aromatic heterocycles. The van der Waals surface area contributed by atoms with Gasteiger partial charge < -0.3 is 9.80 Å². The summed E-state index contributed by atoms with van der Waals surface area (Å²) >= 11 is 0. The van der Waals surface area contributed by atoms with Crippen LogP contribution in [0.3, 0.4) is 0 Å². The lowest BCUT2D eigenvalue weighted by molar-refractivity contribution is -0.133. The predicted octanol–water partition coefficient (Wildman–Crippen LogP) is 2.52. The molecule has 3 aliphatic rings. The first-order chi connectivity index (χ1) is 16.4. The molecule has 8 nitrogen and oxygen atoms in total. The molecule has 2 fully saturated rings. The van der Waals surface area contributed by atoms with Crippen LogP contribution < -0.4 is 9.62 Å². The predicted molar refractivity (Wildman–Crippen MR) is 132 cm³/mol. The Kier molecular flexibility index (Phi) is 8.26. The second-order valence-corrected chi connectivity index (χ2v) is 11.4. The highest BCUT2D eigenvalue weighted by Crippen LogP contribution is 2.31. The third kappa shape index (κ3) is 5.80. The number of carbonyl (C=O) groups excluding carboxylic acids is 2. The number of rotatable bonds is 8. The van der Waals surface area contributed by atoms with E-state index in [1.807, 2.05) is 4.90 Å². The SMILES string of the molecule is CCN1CCC[C@@H]1CNS(=O)(=O)c1ccc2c(c1)CCN2C(=O)CCC(=O)N1CCCCCC1. The molecule has 3 heterocycles. The third-order valence-electron chi connectivity index (χ3n) is 7.48. The molecule has 3 aliphatic heterocycles. The Morgan fingerprint density at radius 3 is 2.44 bits per heavy atom. The van der Waals surface area contributed by atoms with Gasteiger partial charge in [-0.2, -0.15) is 0 Å². The van der Waals surface area contributed by atoms with E-state index in [0.717, 1.165) is 76.0 Å². The molecule has 1 N–H and O–H groups in total. The van der Waals surface area contributed by atoms with E-state index in [-0.39, 0.29) is 35.6 Å². The van der Waals surface area contributed by atoms with Crippen molar-refractivity contribution in [2.24, 2.45) is 0 Å². The van der Waals surface area contributed by atoms with E-state index in [0.29, 0.717) is 19.5 Å². The maximum atomic E-state index is 12.9. The Hall–Kier alpha value is -1.97. The number of likely N-dealkylation sites (tertiary alicyclic amines) is 2. The van der Waals surface area contributed by atoms with E-state index in [4.69, 9.17) is 0 Å². The minimum atomic E-state index is -3.61. The molecule has 188 valence electrons. The number of nitrogens with zero attached hydrogens (tertiary/aromatic N) is 3. The van der Waals surface area contributed by atoms with Crippen LogP contribution in [0.2, 0.25) is 0 Å². The van der Waals surface area contributed by atoms with Crippen molar-refractivity contribution in [2.75, 3.05) is 44.2 Å². The Labute approximate surface area is 203 Å². The fourth-order valence-corrected chi connectivity index (χ4v) is 6.59. The number of hydrogen-bond acceptors (Lipinski definition) is 5. The first-order valence-corrected chi connectivity index (χ1v) is 14.3. The van der Waals surface area contributed by atoms with Crippen LogP contribution in [0.4, 0.5) is 5.69 Å². The van der Waals surface area contributed by atoms with Gasteiger partial charge in [0.25, 0.3) is 0 Å². The summed E-state index contributed by atoms with van der Waals surface area (Å²) in [6, 6.07) is 5.26. The van der Waals surface area contributed by atoms with Crippen LogP contribution in [0.15, 0.2) is 23.1 Å². The highest BCUT2D eigenvalue weighted by Gasteiger charge is 2.29. The van der Waals surface area contributed by atoms with E-state index in [2.05, 4.69) is 16.5 Å². The number of fused-ring (bicyclic) bond motifs is 1. The minimum absolute atomic E-state index is 0.0612. The molecule has 0 aliphatic carbocycles. The van der Waals surface area contributed by atoms with Gasteiger partial charge in [0, 0.05) is 50.7 Å². The molecular formula is C25H38N4O4S. The first-order valence-electron chi connectivity index (χ1n) is 12.8. The van der Waals surface area contributed by atoms with E-state index < -0.39 is 10.0 Å². The van der Waals surface area contributed by atoms with Crippen molar-refractivity contribution in [3.63, 3.8) is 0 Å². The summed E-state index contributed by atoms with van der Waals surface area (Å²) in [5.74, 6) is -0.0115. The van der Waals surface area contributed by atoms with Gasteiger partial charge in [-0.1, -0.05) is 19.8 Å². The molecule has 0 spiro atoms. The minimum Gasteiger partial charge on any atom is -0.343 e. The van der Waals surface area contributed by atoms with E-state index in [9.17, 15) is 18.0 Å². The lowest BCUT2D eigenvalue weighted by atomic mass is 10.2. The van der Waals surface area contributed by atoms with Crippen LogP contribution in [0.5, 0.6) is 0 Å². The van der Waals surface area contributed by atoms with Gasteiger partial charge in [-0.05, 0) is 69.0 Å². The maximum Gasteiger partial charge on any atom is 0.240 e. The van der Waals surface area contributed by atoms with Gasteiger partial charge in [-0.25, -0.2) is 13.1 Å². The number of sulfonamides is 1. The zero-order valence-corrected chi connectivity index (χ0v) is 21.1. The zero-order valence-electron chi connectivity index (χ0n) is 20.3. The molecule has 0 radical (unpaired) electrons. The molecule has 34 heavy (non-hydrogen) atoms. The largest absolute Gasteiger partial charge is 0.343 e. The number of likely N-dealkylation sites (N-methyl/N-ethyl adjacent to an activating group) is 1. The van der Waals surface area contributed by atoms with Crippen molar-refractivity contribution in [2.45, 2.75) is 75.6 Å². The van der Waals surface area contributed by atoms with Gasteiger partial charge in [0.15, 0.2) is 0 Å². The summed E-state index contributed by atoms with van der Waals surface area (Å²) in [4.78, 5) is 31.6. The second-order valence-electron chi connectivity index (χ2n) is 9.66. The average Bonchev–Trinajstić information content (AvgIpc) is 3.38. The Morgan fingerprint density at radius 2 is 1.71 bits per heavy atom. The van der Waals surface area contributed by atoms with Crippen molar-refractivity contribution < 1.29 is 18.0 Å². The molecule has 0 saturated carbocycles. The van der Waals surface area contributed by atoms with Crippen LogP contribution in [0.25, 0.3) is 0 Å². The Morgan fingerprint density at radius 1 is 0.971 bits per heavy atom. The zero-order chi connectivity index (χ0) is 24.1. The lowest BCUT2D eigenvalue weighted by Crippen LogP contribution is -2.40. The molecule has 1 atom stereocenters. The van der Waals surface area contributed by atoms with Gasteiger partial charge >= 0.3 is 0 Å². The van der Waals surface area contributed by atoms with Crippen molar-refractivity contribution in [3.8, 4) is 0 Å². The van der Waals surface area contributed by atoms with E-state index in [1.165, 1.54) is 0 Å². The van der Waals surface area contributed by atoms with Crippen LogP contribution in [-0.2, 0) is 26.0 Å². The number of nitrogens with one attached hydrogen (secondary N) is 1. The number of benzene rings is 1. The van der Waals surface area contributed by atoms with E-state index >= 15 is 0 Å². The molecule has 4 rings (SSSR count). The number of hydrogen-bond donors (Lipinski definition) is 1. The van der Waals surface area contributed by atoms with Crippen molar-refractivity contribution >= 4 is 27.5 Å². The Balaban J connectivity index is 1.34. The summed E-state index contributed by atoms with van der Waals surface area (Å²) < 4.78 is 28.6. The maximum absolute atomic E-state index is 12.9. The second kappa shape index (κ2) is 11.2. The van der Waals surface area contributed by atoms with Crippen LogP contribution in [-0.4, -0.2) is 75.3 Å². The Bertz CT molecular complexity index is 989. The van der Waals surface area contributed by atoms with Gasteiger partial charge in [-0.15, -0.1) is 0 Å². The highest BCUT2D eigenvalue weighted by molar-refractivity contribution is 7.89. The topological polar surface area (TPSA) is 90.0 Å². The molecular weight excluding hydrogens is 452 g/mol. The van der Waals surface area contributed by atoms with Gasteiger partial charge in [0.05, 0.1) is 4.90 Å². The molecule has 0 unspecified atom stereocenters. The fourth-order valence-electron chi connectivity index (χ4n) is 5.46. The van der Waals surface area contributed by atoms with Crippen molar-refractivity contribution in [1.29, 1.82) is 0 Å². The quantitative estimate of drug-likeness (QED) is 0.605. The summed E-state index contributed by atoms with van der Waals surface area (Å²) in [7, 11) is -3.61. The molecule has 9 heteroatoms. The summed E-state index contributed by atoms with van der Waals surface area (Å²) in [6.07, 6.45) is 7.56. The summed E-state index contributed by atoms with van der Waals surface area (Å²) in [6.45, 7) is 6.59. The van der Waals surface area contributed by atoms with Crippen molar-refractivity contribution in [1.82, 2.24) is 14.5 Å². The standard InChI is InChI=1S/C25H38N4O4S/c1-2-27-16-7-8-21(27)19-26-34(32,33)22-9-10-23-20(18-22)13-17-29(23)25(31)12-11-24(30)28-14-5-3-4-6-15-28/h9-10,18,21,26H,2-8,11-17,19H2,1H3/t21-/m1/s1. The number of carbonyl (C=O) groups is 2. The molecule has 1 aromatic rings. The van der Waals surface area contributed by atoms with Crippen molar-refractivity contribution in [3.05, 3.63) is 23.8 Å². The fraction of sp³-hybridized carbons (Fsp3) is 0.680. The number of amides is 2. The lowest BCUT2D eigenvalue weighted by Gasteiger charge is -2.23. The third-order valence-corrected chi connectivity index (χ3v) is 8.90. The van der Waals surface area contributed by atoms with Gasteiger partial charge in [-0.3, -0.25) is 14.5 Å². The summed E-state index contributed by atoms with van der Waals surface area (Å²) in [5.41, 5.74) is 1.63.